The summed E-state index contributed by atoms with van der Waals surface area (Å²) in [6.45, 7) is 0.340. The van der Waals surface area contributed by atoms with Gasteiger partial charge in [0.05, 0.1) is 17.3 Å². The van der Waals surface area contributed by atoms with Gasteiger partial charge in [0.25, 0.3) is 5.56 Å². The van der Waals surface area contributed by atoms with Gasteiger partial charge in [0.15, 0.2) is 0 Å². The SMILES string of the molecule is CNc1ccc(Cl)c(Cn2cc(Br)ccc2=O)n1. The molecule has 0 bridgehead atoms. The summed E-state index contributed by atoms with van der Waals surface area (Å²) in [7, 11) is 1.78. The van der Waals surface area contributed by atoms with E-state index < -0.39 is 0 Å². The third-order valence-electron chi connectivity index (χ3n) is 2.44. The summed E-state index contributed by atoms with van der Waals surface area (Å²) in [6.07, 6.45) is 1.71. The molecule has 2 rings (SSSR count). The predicted molar refractivity (Wildman–Crippen MR) is 76.3 cm³/mol. The van der Waals surface area contributed by atoms with Crippen LogP contribution in [-0.4, -0.2) is 16.6 Å². The minimum Gasteiger partial charge on any atom is -0.373 e. The molecule has 0 spiro atoms. The van der Waals surface area contributed by atoms with E-state index in [2.05, 4.69) is 26.2 Å². The maximum atomic E-state index is 11.7. The van der Waals surface area contributed by atoms with Gasteiger partial charge < -0.3 is 9.88 Å². The van der Waals surface area contributed by atoms with Crippen LogP contribution in [0.15, 0.2) is 39.7 Å². The predicted octanol–water partition coefficient (Wildman–Crippen LogP) is 2.75. The van der Waals surface area contributed by atoms with Crippen molar-refractivity contribution in [2.24, 2.45) is 0 Å². The topological polar surface area (TPSA) is 46.9 Å². The molecule has 2 aromatic heterocycles. The Labute approximate surface area is 118 Å². The van der Waals surface area contributed by atoms with Crippen molar-refractivity contribution in [2.45, 2.75) is 6.54 Å². The first-order chi connectivity index (χ1) is 8.60. The lowest BCUT2D eigenvalue weighted by atomic mass is 10.3. The smallest absolute Gasteiger partial charge is 0.250 e. The van der Waals surface area contributed by atoms with Gasteiger partial charge >= 0.3 is 0 Å². The van der Waals surface area contributed by atoms with Crippen LogP contribution in [0.25, 0.3) is 0 Å². The Morgan fingerprint density at radius 1 is 1.39 bits per heavy atom. The number of halogens is 2. The van der Waals surface area contributed by atoms with Crippen molar-refractivity contribution in [3.8, 4) is 0 Å². The average molecular weight is 329 g/mol. The van der Waals surface area contributed by atoms with E-state index in [0.717, 1.165) is 10.3 Å². The summed E-state index contributed by atoms with van der Waals surface area (Å²) in [6, 6.07) is 6.76. The van der Waals surface area contributed by atoms with Crippen molar-refractivity contribution >= 4 is 33.3 Å². The number of aromatic nitrogens is 2. The molecule has 2 heterocycles. The minimum absolute atomic E-state index is 0.0917. The second kappa shape index (κ2) is 5.54. The van der Waals surface area contributed by atoms with E-state index in [1.54, 1.807) is 36.0 Å². The van der Waals surface area contributed by atoms with Gasteiger partial charge in [-0.1, -0.05) is 11.6 Å². The Kier molecular flexibility index (Phi) is 4.04. The van der Waals surface area contributed by atoms with Crippen LogP contribution in [0.1, 0.15) is 5.69 Å². The van der Waals surface area contributed by atoms with Crippen molar-refractivity contribution < 1.29 is 0 Å². The monoisotopic (exact) mass is 327 g/mol. The zero-order valence-electron chi connectivity index (χ0n) is 9.65. The summed E-state index contributed by atoms with van der Waals surface area (Å²) in [5.74, 6) is 0.720. The highest BCUT2D eigenvalue weighted by Crippen LogP contribution is 2.17. The van der Waals surface area contributed by atoms with Gasteiger partial charge in [0.2, 0.25) is 0 Å². The second-order valence-electron chi connectivity index (χ2n) is 3.69. The normalized spacial score (nSPS) is 10.4. The zero-order chi connectivity index (χ0) is 13.1. The molecule has 0 amide bonds. The summed E-state index contributed by atoms with van der Waals surface area (Å²) in [5.41, 5.74) is 0.564. The Balaban J connectivity index is 2.39. The van der Waals surface area contributed by atoms with Gasteiger partial charge in [0.1, 0.15) is 5.82 Å². The first kappa shape index (κ1) is 13.1. The molecule has 0 aliphatic rings. The standard InChI is InChI=1S/C12H11BrClN3O/c1-15-11-4-3-9(14)10(16-11)7-17-6-8(13)2-5-12(17)18/h2-6H,7H2,1H3,(H,15,16). The Hall–Kier alpha value is -1.33. The van der Waals surface area contributed by atoms with Crippen LogP contribution in [-0.2, 0) is 6.54 Å². The molecule has 0 fully saturated rings. The van der Waals surface area contributed by atoms with Crippen molar-refractivity contribution in [3.05, 3.63) is 56.0 Å². The number of nitrogens with zero attached hydrogens (tertiary/aromatic N) is 2. The molecule has 6 heteroatoms. The molecule has 18 heavy (non-hydrogen) atoms. The van der Waals surface area contributed by atoms with Crippen molar-refractivity contribution in [1.82, 2.24) is 9.55 Å². The first-order valence-electron chi connectivity index (χ1n) is 5.29. The summed E-state index contributed by atoms with van der Waals surface area (Å²) in [4.78, 5) is 16.0. The highest BCUT2D eigenvalue weighted by Gasteiger charge is 2.06. The number of hydrogen-bond donors (Lipinski definition) is 1. The maximum absolute atomic E-state index is 11.7. The molecular formula is C12H11BrClN3O. The summed E-state index contributed by atoms with van der Waals surface area (Å²) < 4.78 is 2.39. The Morgan fingerprint density at radius 2 is 2.17 bits per heavy atom. The molecule has 0 saturated heterocycles. The molecular weight excluding hydrogens is 318 g/mol. The average Bonchev–Trinajstić information content (AvgIpc) is 2.36. The van der Waals surface area contributed by atoms with Crippen LogP contribution in [0.5, 0.6) is 0 Å². The van der Waals surface area contributed by atoms with Crippen molar-refractivity contribution in [3.63, 3.8) is 0 Å². The van der Waals surface area contributed by atoms with Crippen LogP contribution in [0.2, 0.25) is 5.02 Å². The molecule has 2 aromatic rings. The lowest BCUT2D eigenvalue weighted by molar-refractivity contribution is 0.737. The number of hydrogen-bond acceptors (Lipinski definition) is 3. The van der Waals surface area contributed by atoms with Crippen LogP contribution in [0, 0.1) is 0 Å². The van der Waals surface area contributed by atoms with Crippen LogP contribution >= 0.6 is 27.5 Å². The maximum Gasteiger partial charge on any atom is 0.250 e. The highest BCUT2D eigenvalue weighted by atomic mass is 79.9. The van der Waals surface area contributed by atoms with E-state index >= 15 is 0 Å². The number of rotatable bonds is 3. The van der Waals surface area contributed by atoms with Gasteiger partial charge in [-0.3, -0.25) is 4.79 Å². The third-order valence-corrected chi connectivity index (χ3v) is 3.26. The van der Waals surface area contributed by atoms with Crippen molar-refractivity contribution in [2.75, 3.05) is 12.4 Å². The fourth-order valence-corrected chi connectivity index (χ4v) is 2.07. The minimum atomic E-state index is -0.0917. The molecule has 0 saturated carbocycles. The fourth-order valence-electron chi connectivity index (χ4n) is 1.52. The molecule has 0 atom stereocenters. The molecule has 94 valence electrons. The lowest BCUT2D eigenvalue weighted by Gasteiger charge is -2.09. The number of pyridine rings is 2. The van der Waals surface area contributed by atoms with E-state index in [1.807, 2.05) is 0 Å². The molecule has 1 N–H and O–H groups in total. The quantitative estimate of drug-likeness (QED) is 0.942. The van der Waals surface area contributed by atoms with E-state index in [9.17, 15) is 4.79 Å². The molecule has 0 unspecified atom stereocenters. The van der Waals surface area contributed by atoms with Gasteiger partial charge in [0, 0.05) is 23.8 Å². The Morgan fingerprint density at radius 3 is 2.89 bits per heavy atom. The van der Waals surface area contributed by atoms with Gasteiger partial charge in [-0.2, -0.15) is 0 Å². The van der Waals surface area contributed by atoms with E-state index in [4.69, 9.17) is 11.6 Å². The molecule has 4 nitrogen and oxygen atoms in total. The first-order valence-corrected chi connectivity index (χ1v) is 6.46. The van der Waals surface area contributed by atoms with E-state index in [1.165, 1.54) is 6.07 Å². The second-order valence-corrected chi connectivity index (χ2v) is 5.01. The van der Waals surface area contributed by atoms with Crippen LogP contribution in [0.4, 0.5) is 5.82 Å². The van der Waals surface area contributed by atoms with Crippen molar-refractivity contribution in [1.29, 1.82) is 0 Å². The van der Waals surface area contributed by atoms with Gasteiger partial charge in [-0.25, -0.2) is 4.98 Å². The highest BCUT2D eigenvalue weighted by molar-refractivity contribution is 9.10. The molecule has 0 aromatic carbocycles. The fraction of sp³-hybridized carbons (Fsp3) is 0.167. The Bertz CT molecular complexity index is 627. The van der Waals surface area contributed by atoms with Gasteiger partial charge in [-0.05, 0) is 34.1 Å². The van der Waals surface area contributed by atoms with Crippen LogP contribution in [0.3, 0.4) is 0 Å². The third kappa shape index (κ3) is 2.91. The molecule has 0 aliphatic carbocycles. The van der Waals surface area contributed by atoms with Crippen LogP contribution < -0.4 is 10.9 Å². The van der Waals surface area contributed by atoms with E-state index in [0.29, 0.717) is 17.3 Å². The zero-order valence-corrected chi connectivity index (χ0v) is 12.0. The summed E-state index contributed by atoms with van der Waals surface area (Å²) in [5, 5.41) is 3.48. The molecule has 0 aliphatic heterocycles. The largest absolute Gasteiger partial charge is 0.373 e. The van der Waals surface area contributed by atoms with E-state index in [-0.39, 0.29) is 5.56 Å². The summed E-state index contributed by atoms with van der Waals surface area (Å²) >= 11 is 9.41. The number of nitrogens with one attached hydrogen (secondary N) is 1. The lowest BCUT2D eigenvalue weighted by Crippen LogP contribution is -2.19. The number of anilines is 1. The van der Waals surface area contributed by atoms with Gasteiger partial charge in [-0.15, -0.1) is 0 Å². The molecule has 0 radical (unpaired) electrons.